The topological polar surface area (TPSA) is 120 Å². The number of aliphatic hydroxyl groups excluding tert-OH is 2. The van der Waals surface area contributed by atoms with E-state index in [2.05, 4.69) is 16.0 Å². The van der Waals surface area contributed by atoms with E-state index in [4.69, 9.17) is 4.74 Å². The van der Waals surface area contributed by atoms with E-state index in [0.29, 0.717) is 0 Å². The zero-order chi connectivity index (χ0) is 18.7. The lowest BCUT2D eigenvalue weighted by atomic mass is 10.1. The second-order valence-electron chi connectivity index (χ2n) is 6.59. The summed E-state index contributed by atoms with van der Waals surface area (Å²) < 4.78 is 18.6. The van der Waals surface area contributed by atoms with Crippen molar-refractivity contribution in [2.24, 2.45) is 0 Å². The number of rotatable bonds is 6. The summed E-state index contributed by atoms with van der Waals surface area (Å²) in [7, 11) is 0. The Labute approximate surface area is 149 Å². The number of amides is 3. The van der Waals surface area contributed by atoms with E-state index in [-0.39, 0.29) is 30.6 Å². The molecule has 2 aliphatic rings. The Balaban J connectivity index is 1.45. The lowest BCUT2D eigenvalue weighted by Gasteiger charge is -2.15. The normalized spacial score (nSPS) is 27.8. The van der Waals surface area contributed by atoms with Crippen LogP contribution in [0.15, 0.2) is 24.3 Å². The molecule has 4 atom stereocenters. The van der Waals surface area contributed by atoms with Gasteiger partial charge in [-0.15, -0.1) is 0 Å². The number of benzene rings is 1. The molecule has 1 aliphatic carbocycles. The molecular formula is C17H22FN3O5. The van der Waals surface area contributed by atoms with Crippen molar-refractivity contribution in [2.45, 2.75) is 49.7 Å². The number of ether oxygens (including phenoxy) is 1. The summed E-state index contributed by atoms with van der Waals surface area (Å²) in [6.07, 6.45) is -2.25. The predicted octanol–water partition coefficient (Wildman–Crippen LogP) is 0.105. The molecule has 9 heteroatoms. The second-order valence-corrected chi connectivity index (χ2v) is 6.59. The highest BCUT2D eigenvalue weighted by atomic mass is 19.1. The van der Waals surface area contributed by atoms with Crippen LogP contribution >= 0.6 is 0 Å². The minimum atomic E-state index is -1.22. The van der Waals surface area contributed by atoms with Crippen LogP contribution in [0.1, 0.15) is 19.3 Å². The van der Waals surface area contributed by atoms with Crippen molar-refractivity contribution in [3.8, 4) is 0 Å². The van der Waals surface area contributed by atoms with Gasteiger partial charge in [-0.25, -0.2) is 9.18 Å². The molecule has 0 radical (unpaired) electrons. The summed E-state index contributed by atoms with van der Waals surface area (Å²) in [5, 5.41) is 27.8. The fraction of sp³-hybridized carbons (Fsp3) is 0.529. The van der Waals surface area contributed by atoms with Crippen molar-refractivity contribution in [1.29, 1.82) is 0 Å². The number of hydrogen-bond donors (Lipinski definition) is 5. The van der Waals surface area contributed by atoms with Crippen molar-refractivity contribution in [2.75, 3.05) is 11.9 Å². The Hall–Kier alpha value is -2.23. The van der Waals surface area contributed by atoms with E-state index < -0.39 is 36.3 Å². The molecule has 0 bridgehead atoms. The third-order valence-corrected chi connectivity index (χ3v) is 4.34. The SMILES string of the molecule is O=C(C[C@@H]1O[C@H](CNC(=O)Nc2cccc(F)c2)[C@@H](O)[C@H]1O)NC1CC1. The van der Waals surface area contributed by atoms with Gasteiger partial charge in [-0.3, -0.25) is 4.79 Å². The van der Waals surface area contributed by atoms with Crippen LogP contribution < -0.4 is 16.0 Å². The molecule has 1 aliphatic heterocycles. The Bertz CT molecular complexity index is 670. The monoisotopic (exact) mass is 367 g/mol. The second kappa shape index (κ2) is 7.98. The van der Waals surface area contributed by atoms with Gasteiger partial charge in [-0.05, 0) is 31.0 Å². The fourth-order valence-corrected chi connectivity index (χ4v) is 2.79. The van der Waals surface area contributed by atoms with Gasteiger partial charge in [0.1, 0.15) is 24.1 Å². The summed E-state index contributed by atoms with van der Waals surface area (Å²) in [5.74, 6) is -0.714. The van der Waals surface area contributed by atoms with Crippen LogP contribution in [0.3, 0.4) is 0 Å². The van der Waals surface area contributed by atoms with Crippen molar-refractivity contribution in [3.05, 3.63) is 30.1 Å². The first-order chi connectivity index (χ1) is 12.4. The maximum Gasteiger partial charge on any atom is 0.319 e. The van der Waals surface area contributed by atoms with Gasteiger partial charge in [-0.2, -0.15) is 0 Å². The Kier molecular flexibility index (Phi) is 5.70. The number of aliphatic hydroxyl groups is 2. The molecule has 1 aromatic carbocycles. The smallest absolute Gasteiger partial charge is 0.319 e. The van der Waals surface area contributed by atoms with E-state index in [1.807, 2.05) is 0 Å². The predicted molar refractivity (Wildman–Crippen MR) is 89.9 cm³/mol. The number of nitrogens with one attached hydrogen (secondary N) is 3. The van der Waals surface area contributed by atoms with E-state index in [1.54, 1.807) is 0 Å². The van der Waals surface area contributed by atoms with Crippen molar-refractivity contribution in [3.63, 3.8) is 0 Å². The van der Waals surface area contributed by atoms with Gasteiger partial charge in [0.2, 0.25) is 5.91 Å². The van der Waals surface area contributed by atoms with Crippen molar-refractivity contribution >= 4 is 17.6 Å². The van der Waals surface area contributed by atoms with Crippen molar-refractivity contribution in [1.82, 2.24) is 10.6 Å². The Morgan fingerprint density at radius 2 is 1.92 bits per heavy atom. The van der Waals surface area contributed by atoms with Gasteiger partial charge in [0, 0.05) is 18.3 Å². The number of carbonyl (C=O) groups excluding carboxylic acids is 2. The van der Waals surface area contributed by atoms with Crippen LogP contribution in [0, 0.1) is 5.82 Å². The first-order valence-electron chi connectivity index (χ1n) is 8.54. The average Bonchev–Trinajstić information content (AvgIpc) is 3.35. The van der Waals surface area contributed by atoms with Crippen LogP contribution in [0.25, 0.3) is 0 Å². The lowest BCUT2D eigenvalue weighted by Crippen LogP contribution is -2.41. The Morgan fingerprint density at radius 3 is 2.62 bits per heavy atom. The van der Waals surface area contributed by atoms with E-state index >= 15 is 0 Å². The maximum atomic E-state index is 13.1. The molecule has 1 saturated carbocycles. The molecule has 3 rings (SSSR count). The standard InChI is InChI=1S/C17H22FN3O5/c18-9-2-1-3-11(6-9)21-17(25)19-8-13-16(24)15(23)12(26-13)7-14(22)20-10-4-5-10/h1-3,6,10,12-13,15-16,23-24H,4-5,7-8H2,(H,20,22)(H2,19,21,25)/t12-,13+,15-,16+/m0/s1. The number of carbonyl (C=O) groups is 2. The first-order valence-corrected chi connectivity index (χ1v) is 8.54. The fourth-order valence-electron chi connectivity index (χ4n) is 2.79. The molecule has 8 nitrogen and oxygen atoms in total. The third-order valence-electron chi connectivity index (χ3n) is 4.34. The van der Waals surface area contributed by atoms with Crippen LogP contribution in [0.4, 0.5) is 14.9 Å². The van der Waals surface area contributed by atoms with Crippen LogP contribution in [-0.2, 0) is 9.53 Å². The maximum absolute atomic E-state index is 13.1. The molecule has 0 spiro atoms. The molecule has 142 valence electrons. The minimum Gasteiger partial charge on any atom is -0.388 e. The number of hydrogen-bond acceptors (Lipinski definition) is 5. The third kappa shape index (κ3) is 4.90. The largest absolute Gasteiger partial charge is 0.388 e. The van der Waals surface area contributed by atoms with E-state index in [9.17, 15) is 24.2 Å². The lowest BCUT2D eigenvalue weighted by molar-refractivity contribution is -0.125. The average molecular weight is 367 g/mol. The summed E-state index contributed by atoms with van der Waals surface area (Å²) >= 11 is 0. The number of anilines is 1. The van der Waals surface area contributed by atoms with Gasteiger partial charge >= 0.3 is 6.03 Å². The zero-order valence-electron chi connectivity index (χ0n) is 14.0. The molecule has 26 heavy (non-hydrogen) atoms. The number of urea groups is 1. The van der Waals surface area contributed by atoms with E-state index in [1.165, 1.54) is 24.3 Å². The zero-order valence-corrected chi connectivity index (χ0v) is 14.0. The van der Waals surface area contributed by atoms with Gasteiger partial charge in [-0.1, -0.05) is 6.07 Å². The quantitative estimate of drug-likeness (QED) is 0.489. The highest BCUT2D eigenvalue weighted by Crippen LogP contribution is 2.24. The summed E-state index contributed by atoms with van der Waals surface area (Å²) in [5.41, 5.74) is 0.282. The number of halogens is 1. The minimum absolute atomic E-state index is 0.0548. The van der Waals surface area contributed by atoms with E-state index in [0.717, 1.165) is 12.8 Å². The van der Waals surface area contributed by atoms with Gasteiger partial charge in [0.15, 0.2) is 0 Å². The molecule has 0 aromatic heterocycles. The summed E-state index contributed by atoms with van der Waals surface area (Å²) in [4.78, 5) is 23.7. The van der Waals surface area contributed by atoms with Crippen LogP contribution in [-0.4, -0.2) is 59.2 Å². The molecule has 1 heterocycles. The molecule has 3 amide bonds. The molecule has 1 aromatic rings. The van der Waals surface area contributed by atoms with Crippen LogP contribution in [0.5, 0.6) is 0 Å². The first kappa shape index (κ1) is 18.6. The van der Waals surface area contributed by atoms with Gasteiger partial charge in [0.05, 0.1) is 12.5 Å². The highest BCUT2D eigenvalue weighted by molar-refractivity contribution is 5.89. The van der Waals surface area contributed by atoms with Crippen LogP contribution in [0.2, 0.25) is 0 Å². The van der Waals surface area contributed by atoms with Crippen molar-refractivity contribution < 1.29 is 28.9 Å². The molecule has 0 unspecified atom stereocenters. The molecule has 1 saturated heterocycles. The summed E-state index contributed by atoms with van der Waals surface area (Å²) in [6, 6.07) is 5.01. The Morgan fingerprint density at radius 1 is 1.19 bits per heavy atom. The highest BCUT2D eigenvalue weighted by Gasteiger charge is 2.43. The van der Waals surface area contributed by atoms with Gasteiger partial charge in [0.25, 0.3) is 0 Å². The summed E-state index contributed by atoms with van der Waals surface area (Å²) in [6.45, 7) is -0.0693. The molecular weight excluding hydrogens is 345 g/mol. The van der Waals surface area contributed by atoms with Gasteiger partial charge < -0.3 is 30.9 Å². The molecule has 5 N–H and O–H groups in total. The molecule has 2 fully saturated rings.